The van der Waals surface area contributed by atoms with Crippen LogP contribution < -0.4 is 9.47 Å². The van der Waals surface area contributed by atoms with Crippen molar-refractivity contribution in [2.24, 2.45) is 23.2 Å². The third kappa shape index (κ3) is 6.57. The summed E-state index contributed by atoms with van der Waals surface area (Å²) < 4.78 is 32.1. The molecular formula is C36H50FNO6. The summed E-state index contributed by atoms with van der Waals surface area (Å²) in [6.45, 7) is 3.78. The van der Waals surface area contributed by atoms with E-state index in [1.807, 2.05) is 35.2 Å². The number of hydrogen-bond acceptors (Lipinski definition) is 6. The van der Waals surface area contributed by atoms with Crippen LogP contribution in [0.1, 0.15) is 74.5 Å². The lowest BCUT2D eigenvalue weighted by Gasteiger charge is -2.54. The quantitative estimate of drug-likeness (QED) is 0.267. The molecule has 0 spiro atoms. The highest BCUT2D eigenvalue weighted by molar-refractivity contribution is 5.79. The second kappa shape index (κ2) is 14.1. The largest absolute Gasteiger partial charge is 0.508 e. The number of alkyl halides is 1. The smallest absolute Gasteiger partial charge is 0.227 e. The predicted octanol–water partition coefficient (Wildman–Crippen LogP) is 6.08. The van der Waals surface area contributed by atoms with E-state index >= 15 is 4.39 Å². The number of halogens is 1. The SMILES string of the molecule is COCCN(CCCCC[C@@H]1Cc2cc(O)ccc2[C@@H]2[C@@H]1[C@@H]1CC[C@H](O)[C@@]1(C)C[C@@H]2F)C(=O)Cc1ccc(OC)c(OC)c1. The van der Waals surface area contributed by atoms with Crippen molar-refractivity contribution in [3.05, 3.63) is 53.1 Å². The molecule has 0 unspecified atom stereocenters. The van der Waals surface area contributed by atoms with Crippen LogP contribution in [0.2, 0.25) is 0 Å². The first-order chi connectivity index (χ1) is 21.2. The number of fused-ring (bicyclic) bond motifs is 5. The van der Waals surface area contributed by atoms with E-state index < -0.39 is 12.3 Å². The summed E-state index contributed by atoms with van der Waals surface area (Å²) >= 11 is 0. The van der Waals surface area contributed by atoms with Crippen LogP contribution in [0.4, 0.5) is 4.39 Å². The van der Waals surface area contributed by atoms with E-state index in [1.165, 1.54) is 0 Å². The predicted molar refractivity (Wildman–Crippen MR) is 168 cm³/mol. The molecule has 0 aliphatic heterocycles. The zero-order chi connectivity index (χ0) is 31.4. The van der Waals surface area contributed by atoms with Crippen LogP contribution in [0.15, 0.2) is 36.4 Å². The molecule has 1 amide bonds. The number of aliphatic hydroxyl groups is 1. The van der Waals surface area contributed by atoms with Gasteiger partial charge in [-0.2, -0.15) is 0 Å². The molecular weight excluding hydrogens is 561 g/mol. The third-order valence-corrected chi connectivity index (χ3v) is 11.0. The standard InChI is InChI=1S/C36H50FNO6/c1-36-22-29(37)35-27-11-10-26(39)21-25(27)20-24(34(35)28(36)12-14-32(36)40)8-6-5-7-15-38(16-17-42-2)33(41)19-23-9-13-30(43-3)31(18-23)44-4/h9-11,13,18,21,24,28-29,32,34-35,39-40H,5-8,12,14-17,19-20,22H2,1-4H3/t24-,28+,29+,32+,34+,35+,36+/m1/s1. The van der Waals surface area contributed by atoms with E-state index in [1.54, 1.807) is 27.4 Å². The maximum atomic E-state index is 16.0. The average molecular weight is 612 g/mol. The average Bonchev–Trinajstić information content (AvgIpc) is 3.30. The molecule has 3 aliphatic carbocycles. The van der Waals surface area contributed by atoms with Gasteiger partial charge in [-0.3, -0.25) is 4.79 Å². The second-order valence-corrected chi connectivity index (χ2v) is 13.5. The van der Waals surface area contributed by atoms with Crippen LogP contribution in [0, 0.1) is 23.2 Å². The van der Waals surface area contributed by atoms with Crippen molar-refractivity contribution in [1.82, 2.24) is 4.90 Å². The number of carbonyl (C=O) groups is 1. The van der Waals surface area contributed by atoms with Crippen LogP contribution in [0.5, 0.6) is 17.2 Å². The molecule has 5 rings (SSSR count). The molecule has 0 heterocycles. The van der Waals surface area contributed by atoms with Crippen molar-refractivity contribution in [1.29, 1.82) is 0 Å². The Kier molecular flexibility index (Phi) is 10.4. The first-order valence-corrected chi connectivity index (χ1v) is 16.3. The third-order valence-electron chi connectivity index (χ3n) is 11.0. The number of hydrogen-bond donors (Lipinski definition) is 2. The molecule has 8 heteroatoms. The number of amides is 1. The Morgan fingerprint density at radius 1 is 1.02 bits per heavy atom. The highest BCUT2D eigenvalue weighted by Gasteiger charge is 2.59. The molecule has 2 fully saturated rings. The number of phenolic OH excluding ortho intramolecular Hbond substituents is 1. The monoisotopic (exact) mass is 611 g/mol. The normalized spacial score (nSPS) is 29.0. The van der Waals surface area contributed by atoms with Gasteiger partial charge in [-0.25, -0.2) is 4.39 Å². The van der Waals surface area contributed by atoms with E-state index in [0.717, 1.165) is 61.6 Å². The Hall–Kier alpha value is -2.84. The molecule has 7 atom stereocenters. The number of rotatable bonds is 13. The van der Waals surface area contributed by atoms with Crippen LogP contribution in [0.25, 0.3) is 0 Å². The number of nitrogens with zero attached hydrogens (tertiary/aromatic N) is 1. The van der Waals surface area contributed by atoms with Gasteiger partial charge in [-0.05, 0) is 103 Å². The second-order valence-electron chi connectivity index (χ2n) is 13.5. The fraction of sp³-hybridized carbons (Fsp3) is 0.639. The van der Waals surface area contributed by atoms with Gasteiger partial charge in [0.2, 0.25) is 5.91 Å². The zero-order valence-electron chi connectivity index (χ0n) is 26.8. The van der Waals surface area contributed by atoms with Crippen molar-refractivity contribution >= 4 is 5.91 Å². The molecule has 0 radical (unpaired) electrons. The van der Waals surface area contributed by atoms with Crippen LogP contribution >= 0.6 is 0 Å². The van der Waals surface area contributed by atoms with Crippen molar-refractivity contribution in [3.63, 3.8) is 0 Å². The Labute approximate surface area is 261 Å². The molecule has 0 bridgehead atoms. The summed E-state index contributed by atoms with van der Waals surface area (Å²) in [7, 11) is 4.83. The summed E-state index contributed by atoms with van der Waals surface area (Å²) in [6.07, 6.45) is 5.60. The first-order valence-electron chi connectivity index (χ1n) is 16.3. The van der Waals surface area contributed by atoms with E-state index in [9.17, 15) is 15.0 Å². The Morgan fingerprint density at radius 3 is 2.57 bits per heavy atom. The summed E-state index contributed by atoms with van der Waals surface area (Å²) in [5.41, 5.74) is 2.63. The van der Waals surface area contributed by atoms with Crippen LogP contribution in [-0.4, -0.2) is 74.3 Å². The maximum Gasteiger partial charge on any atom is 0.227 e. The number of phenols is 1. The van der Waals surface area contributed by atoms with Crippen molar-refractivity contribution < 1.29 is 33.6 Å². The summed E-state index contributed by atoms with van der Waals surface area (Å²) in [6, 6.07) is 11.0. The Balaban J connectivity index is 1.22. The minimum Gasteiger partial charge on any atom is -0.508 e. The number of aromatic hydroxyl groups is 1. The van der Waals surface area contributed by atoms with Gasteiger partial charge in [-0.1, -0.05) is 31.9 Å². The maximum absolute atomic E-state index is 16.0. The van der Waals surface area contributed by atoms with E-state index in [0.29, 0.717) is 49.5 Å². The lowest BCUT2D eigenvalue weighted by molar-refractivity contribution is -0.131. The number of benzene rings is 2. The fourth-order valence-corrected chi connectivity index (χ4v) is 8.76. The topological polar surface area (TPSA) is 88.5 Å². The number of ether oxygens (including phenoxy) is 3. The Morgan fingerprint density at radius 2 is 1.82 bits per heavy atom. The highest BCUT2D eigenvalue weighted by Crippen LogP contribution is 2.63. The van der Waals surface area contributed by atoms with Crippen molar-refractivity contribution in [2.75, 3.05) is 41.0 Å². The lowest BCUT2D eigenvalue weighted by Crippen LogP contribution is -2.51. The summed E-state index contributed by atoms with van der Waals surface area (Å²) in [4.78, 5) is 15.2. The molecule has 0 saturated heterocycles. The number of unbranched alkanes of at least 4 members (excludes halogenated alkanes) is 2. The first kappa shape index (κ1) is 32.6. The van der Waals surface area contributed by atoms with E-state index in [4.69, 9.17) is 14.2 Å². The number of aliphatic hydroxyl groups excluding tert-OH is 1. The molecule has 7 nitrogen and oxygen atoms in total. The molecule has 3 aliphatic rings. The highest BCUT2D eigenvalue weighted by atomic mass is 19.1. The molecule has 2 aromatic rings. The van der Waals surface area contributed by atoms with Gasteiger partial charge >= 0.3 is 0 Å². The van der Waals surface area contributed by atoms with Gasteiger partial charge in [0.15, 0.2) is 11.5 Å². The van der Waals surface area contributed by atoms with E-state index in [2.05, 4.69) is 6.92 Å². The summed E-state index contributed by atoms with van der Waals surface area (Å²) in [5.74, 6) is 2.16. The molecule has 2 N–H and O–H groups in total. The van der Waals surface area contributed by atoms with Crippen LogP contribution in [0.3, 0.4) is 0 Å². The fourth-order valence-electron chi connectivity index (χ4n) is 8.76. The van der Waals surface area contributed by atoms with Gasteiger partial charge in [0.25, 0.3) is 0 Å². The van der Waals surface area contributed by atoms with Crippen molar-refractivity contribution in [3.8, 4) is 17.2 Å². The lowest BCUT2D eigenvalue weighted by atomic mass is 9.51. The zero-order valence-corrected chi connectivity index (χ0v) is 26.8. The Bertz CT molecular complexity index is 1290. The minimum atomic E-state index is -0.994. The van der Waals surface area contributed by atoms with Gasteiger partial charge in [0.1, 0.15) is 11.9 Å². The molecule has 44 heavy (non-hydrogen) atoms. The minimum absolute atomic E-state index is 0.0519. The van der Waals surface area contributed by atoms with Gasteiger partial charge in [-0.15, -0.1) is 0 Å². The van der Waals surface area contributed by atoms with Gasteiger partial charge < -0.3 is 29.3 Å². The molecule has 0 aromatic heterocycles. The van der Waals surface area contributed by atoms with Crippen molar-refractivity contribution in [2.45, 2.75) is 82.9 Å². The number of methoxy groups -OCH3 is 3. The molecule has 242 valence electrons. The number of carbonyl (C=O) groups excluding carboxylic acids is 1. The summed E-state index contributed by atoms with van der Waals surface area (Å²) in [5, 5.41) is 21.1. The van der Waals surface area contributed by atoms with Gasteiger partial charge in [0.05, 0.1) is 33.4 Å². The molecule has 2 aromatic carbocycles. The van der Waals surface area contributed by atoms with Gasteiger partial charge in [0, 0.05) is 26.1 Å². The van der Waals surface area contributed by atoms with Crippen LogP contribution in [-0.2, 0) is 22.4 Å². The molecule has 2 saturated carbocycles. The van der Waals surface area contributed by atoms with E-state index in [-0.39, 0.29) is 35.3 Å².